The Balaban J connectivity index is 1.91. The molecule has 3 heteroatoms. The van der Waals surface area contributed by atoms with Crippen LogP contribution < -0.4 is 5.32 Å². The molecule has 1 atom stereocenters. The van der Waals surface area contributed by atoms with Gasteiger partial charge in [0.1, 0.15) is 0 Å². The van der Waals surface area contributed by atoms with E-state index in [4.69, 9.17) is 5.11 Å². The molecule has 0 spiro atoms. The van der Waals surface area contributed by atoms with Crippen LogP contribution in [0.5, 0.6) is 0 Å². The molecule has 3 nitrogen and oxygen atoms in total. The highest BCUT2D eigenvalue weighted by atomic mass is 16.4. The molecule has 0 heterocycles. The lowest BCUT2D eigenvalue weighted by Crippen LogP contribution is -2.27. The standard InChI is InChI=1S/C13H25NO2/c1-11(8-9-13(15)16)14-10-4-7-12-5-2-3-6-12/h11-12,14H,2-10H2,1H3,(H,15,16). The predicted molar refractivity (Wildman–Crippen MR) is 65.5 cm³/mol. The van der Waals surface area contributed by atoms with E-state index in [-0.39, 0.29) is 6.42 Å². The highest BCUT2D eigenvalue weighted by Crippen LogP contribution is 2.28. The van der Waals surface area contributed by atoms with Crippen LogP contribution in [0.1, 0.15) is 58.3 Å². The van der Waals surface area contributed by atoms with Crippen molar-refractivity contribution in [1.29, 1.82) is 0 Å². The van der Waals surface area contributed by atoms with Crippen LogP contribution in [0.4, 0.5) is 0 Å². The second-order valence-electron chi connectivity index (χ2n) is 5.08. The fourth-order valence-electron chi connectivity index (χ4n) is 2.48. The molecule has 0 aliphatic heterocycles. The molecule has 0 aromatic rings. The zero-order valence-corrected chi connectivity index (χ0v) is 10.4. The van der Waals surface area contributed by atoms with Crippen LogP contribution in [-0.2, 0) is 4.79 Å². The van der Waals surface area contributed by atoms with E-state index in [1.165, 1.54) is 38.5 Å². The Labute approximate surface area is 98.6 Å². The van der Waals surface area contributed by atoms with Gasteiger partial charge < -0.3 is 10.4 Å². The first-order chi connectivity index (χ1) is 7.68. The third-order valence-electron chi connectivity index (χ3n) is 3.55. The predicted octanol–water partition coefficient (Wildman–Crippen LogP) is 2.80. The average molecular weight is 227 g/mol. The van der Waals surface area contributed by atoms with E-state index in [0.717, 1.165) is 18.9 Å². The average Bonchev–Trinajstić information content (AvgIpc) is 2.74. The quantitative estimate of drug-likeness (QED) is 0.627. The van der Waals surface area contributed by atoms with E-state index < -0.39 is 5.97 Å². The van der Waals surface area contributed by atoms with Gasteiger partial charge in [-0.25, -0.2) is 0 Å². The van der Waals surface area contributed by atoms with Gasteiger partial charge in [0.05, 0.1) is 0 Å². The zero-order chi connectivity index (χ0) is 11.8. The van der Waals surface area contributed by atoms with Gasteiger partial charge in [0.25, 0.3) is 0 Å². The number of hydrogen-bond donors (Lipinski definition) is 2. The Kier molecular flexibility index (Phi) is 6.46. The van der Waals surface area contributed by atoms with Crippen LogP contribution >= 0.6 is 0 Å². The maximum atomic E-state index is 10.4. The molecule has 16 heavy (non-hydrogen) atoms. The van der Waals surface area contributed by atoms with E-state index in [2.05, 4.69) is 12.2 Å². The van der Waals surface area contributed by atoms with Crippen molar-refractivity contribution < 1.29 is 9.90 Å². The van der Waals surface area contributed by atoms with Gasteiger partial charge in [-0.05, 0) is 38.6 Å². The first-order valence-corrected chi connectivity index (χ1v) is 6.63. The third-order valence-corrected chi connectivity index (χ3v) is 3.55. The molecule has 1 unspecified atom stereocenters. The summed E-state index contributed by atoms with van der Waals surface area (Å²) in [4.78, 5) is 10.4. The van der Waals surface area contributed by atoms with E-state index in [0.29, 0.717) is 6.04 Å². The maximum absolute atomic E-state index is 10.4. The summed E-state index contributed by atoms with van der Waals surface area (Å²) in [5, 5.41) is 11.9. The summed E-state index contributed by atoms with van der Waals surface area (Å²) in [6.07, 6.45) is 9.29. The molecule has 0 aromatic heterocycles. The maximum Gasteiger partial charge on any atom is 0.303 e. The summed E-state index contributed by atoms with van der Waals surface area (Å²) in [6, 6.07) is 0.333. The minimum Gasteiger partial charge on any atom is -0.481 e. The smallest absolute Gasteiger partial charge is 0.303 e. The highest BCUT2D eigenvalue weighted by molar-refractivity contribution is 5.66. The monoisotopic (exact) mass is 227 g/mol. The van der Waals surface area contributed by atoms with Crippen molar-refractivity contribution in [3.63, 3.8) is 0 Å². The van der Waals surface area contributed by atoms with Gasteiger partial charge in [0.2, 0.25) is 0 Å². The molecule has 1 aliphatic rings. The molecule has 94 valence electrons. The first kappa shape index (κ1) is 13.5. The molecule has 1 saturated carbocycles. The summed E-state index contributed by atoms with van der Waals surface area (Å²) in [5.74, 6) is 0.274. The normalized spacial score (nSPS) is 18.8. The molecule has 1 fully saturated rings. The lowest BCUT2D eigenvalue weighted by Gasteiger charge is -2.13. The SMILES string of the molecule is CC(CCC(=O)O)NCCCC1CCCC1. The van der Waals surface area contributed by atoms with Crippen LogP contribution in [0.2, 0.25) is 0 Å². The van der Waals surface area contributed by atoms with E-state index in [1.54, 1.807) is 0 Å². The van der Waals surface area contributed by atoms with Crippen molar-refractivity contribution in [2.75, 3.05) is 6.54 Å². The molecule has 2 N–H and O–H groups in total. The Bertz CT molecular complexity index is 200. The number of carbonyl (C=O) groups is 1. The van der Waals surface area contributed by atoms with E-state index in [9.17, 15) is 4.79 Å². The number of carboxylic acids is 1. The Hall–Kier alpha value is -0.570. The lowest BCUT2D eigenvalue weighted by atomic mass is 10.0. The topological polar surface area (TPSA) is 49.3 Å². The second-order valence-corrected chi connectivity index (χ2v) is 5.08. The van der Waals surface area contributed by atoms with Gasteiger partial charge in [0.15, 0.2) is 0 Å². The molecule has 0 radical (unpaired) electrons. The van der Waals surface area contributed by atoms with Gasteiger partial charge in [-0.3, -0.25) is 4.79 Å². The van der Waals surface area contributed by atoms with Crippen LogP contribution in [0.3, 0.4) is 0 Å². The minimum atomic E-state index is -0.695. The summed E-state index contributed by atoms with van der Waals surface area (Å²) in [5.41, 5.74) is 0. The molecule has 0 aromatic carbocycles. The van der Waals surface area contributed by atoms with Crippen molar-refractivity contribution in [2.45, 2.75) is 64.3 Å². The molecule has 0 bridgehead atoms. The van der Waals surface area contributed by atoms with Crippen LogP contribution in [0.15, 0.2) is 0 Å². The number of hydrogen-bond acceptors (Lipinski definition) is 2. The Morgan fingerprint density at radius 3 is 2.75 bits per heavy atom. The van der Waals surface area contributed by atoms with Gasteiger partial charge in [-0.2, -0.15) is 0 Å². The first-order valence-electron chi connectivity index (χ1n) is 6.63. The van der Waals surface area contributed by atoms with E-state index >= 15 is 0 Å². The fourth-order valence-corrected chi connectivity index (χ4v) is 2.48. The fraction of sp³-hybridized carbons (Fsp3) is 0.923. The largest absolute Gasteiger partial charge is 0.481 e. The minimum absolute atomic E-state index is 0.275. The summed E-state index contributed by atoms with van der Waals surface area (Å²) in [6.45, 7) is 3.11. The Morgan fingerprint density at radius 2 is 2.12 bits per heavy atom. The van der Waals surface area contributed by atoms with Gasteiger partial charge in [0, 0.05) is 12.5 Å². The van der Waals surface area contributed by atoms with Crippen molar-refractivity contribution in [3.8, 4) is 0 Å². The summed E-state index contributed by atoms with van der Waals surface area (Å²) in [7, 11) is 0. The van der Waals surface area contributed by atoms with Gasteiger partial charge >= 0.3 is 5.97 Å². The molecule has 1 aliphatic carbocycles. The van der Waals surface area contributed by atoms with E-state index in [1.807, 2.05) is 0 Å². The van der Waals surface area contributed by atoms with Crippen LogP contribution in [-0.4, -0.2) is 23.7 Å². The highest BCUT2D eigenvalue weighted by Gasteiger charge is 2.14. The van der Waals surface area contributed by atoms with Crippen molar-refractivity contribution >= 4 is 5.97 Å². The van der Waals surface area contributed by atoms with Crippen molar-refractivity contribution in [2.24, 2.45) is 5.92 Å². The number of carboxylic acid groups (broad SMARTS) is 1. The molecular weight excluding hydrogens is 202 g/mol. The zero-order valence-electron chi connectivity index (χ0n) is 10.4. The van der Waals surface area contributed by atoms with Crippen molar-refractivity contribution in [3.05, 3.63) is 0 Å². The number of rotatable bonds is 8. The van der Waals surface area contributed by atoms with Gasteiger partial charge in [-0.1, -0.05) is 25.7 Å². The molecule has 1 rings (SSSR count). The van der Waals surface area contributed by atoms with Crippen LogP contribution in [0, 0.1) is 5.92 Å². The summed E-state index contributed by atoms with van der Waals surface area (Å²) >= 11 is 0. The number of nitrogens with one attached hydrogen (secondary N) is 1. The number of aliphatic carboxylic acids is 1. The van der Waals surface area contributed by atoms with Crippen LogP contribution in [0.25, 0.3) is 0 Å². The second kappa shape index (κ2) is 7.66. The third kappa shape index (κ3) is 6.11. The molecule has 0 saturated heterocycles. The van der Waals surface area contributed by atoms with Crippen molar-refractivity contribution in [1.82, 2.24) is 5.32 Å². The summed E-state index contributed by atoms with van der Waals surface area (Å²) < 4.78 is 0. The van der Waals surface area contributed by atoms with Gasteiger partial charge in [-0.15, -0.1) is 0 Å². The lowest BCUT2D eigenvalue weighted by molar-refractivity contribution is -0.137. The molecular formula is C13H25NO2. The Morgan fingerprint density at radius 1 is 1.44 bits per heavy atom. The molecule has 0 amide bonds.